The number of hydrogen-bond donors (Lipinski definition) is 1. The van der Waals surface area contributed by atoms with Crippen molar-refractivity contribution in [1.82, 2.24) is 9.88 Å². The third-order valence-corrected chi connectivity index (χ3v) is 4.88. The average molecular weight is 303 g/mol. The van der Waals surface area contributed by atoms with Gasteiger partial charge in [-0.25, -0.2) is 4.98 Å². The molecule has 0 bridgehead atoms. The lowest BCUT2D eigenvalue weighted by atomic mass is 10.1. The first-order chi connectivity index (χ1) is 10.2. The largest absolute Gasteiger partial charge is 0.387 e. The van der Waals surface area contributed by atoms with Gasteiger partial charge in [0.2, 0.25) is 0 Å². The zero-order valence-corrected chi connectivity index (χ0v) is 13.1. The summed E-state index contributed by atoms with van der Waals surface area (Å²) >= 11 is 1.71. The zero-order valence-electron chi connectivity index (χ0n) is 12.3. The molecule has 1 aromatic heterocycles. The fraction of sp³-hybridized carbons (Fsp3) is 0.438. The van der Waals surface area contributed by atoms with Crippen LogP contribution in [0.4, 0.5) is 5.13 Å². The van der Waals surface area contributed by atoms with E-state index >= 15 is 0 Å². The number of rotatable bonds is 4. The molecule has 2 aromatic rings. The van der Waals surface area contributed by atoms with Gasteiger partial charge in [0, 0.05) is 38.1 Å². The van der Waals surface area contributed by atoms with Crippen LogP contribution >= 0.6 is 11.3 Å². The molecule has 1 aliphatic rings. The second-order valence-electron chi connectivity index (χ2n) is 5.49. The number of β-amino-alcohol motifs (C(OH)–C–C–N with tert-alkyl or cyclic N) is 1. The number of anilines is 1. The molecule has 1 aliphatic heterocycles. The minimum absolute atomic E-state index is 0.403. The van der Waals surface area contributed by atoms with E-state index in [2.05, 4.69) is 20.2 Å². The number of hydrogen-bond acceptors (Lipinski definition) is 5. The minimum atomic E-state index is -0.403. The summed E-state index contributed by atoms with van der Waals surface area (Å²) in [6.07, 6.45) is -0.403. The van der Waals surface area contributed by atoms with Crippen LogP contribution in [0.25, 0.3) is 0 Å². The van der Waals surface area contributed by atoms with Gasteiger partial charge in [-0.15, -0.1) is 11.3 Å². The van der Waals surface area contributed by atoms with E-state index in [0.717, 1.165) is 42.6 Å². The van der Waals surface area contributed by atoms with Crippen LogP contribution in [0.2, 0.25) is 0 Å². The Hall–Kier alpha value is -1.43. The normalized spacial score (nSPS) is 17.9. The van der Waals surface area contributed by atoms with E-state index in [9.17, 15) is 5.11 Å². The quantitative estimate of drug-likeness (QED) is 0.941. The van der Waals surface area contributed by atoms with Crippen LogP contribution in [-0.4, -0.2) is 47.7 Å². The number of piperazine rings is 1. The number of benzene rings is 1. The van der Waals surface area contributed by atoms with E-state index in [-0.39, 0.29) is 0 Å². The van der Waals surface area contributed by atoms with Crippen molar-refractivity contribution in [1.29, 1.82) is 0 Å². The van der Waals surface area contributed by atoms with E-state index in [0.29, 0.717) is 6.54 Å². The molecule has 1 N–H and O–H groups in total. The highest BCUT2D eigenvalue weighted by Gasteiger charge is 2.21. The Morgan fingerprint density at radius 3 is 2.52 bits per heavy atom. The number of aliphatic hydroxyl groups excluding tert-OH is 1. The summed E-state index contributed by atoms with van der Waals surface area (Å²) in [5.41, 5.74) is 2.09. The van der Waals surface area contributed by atoms with Gasteiger partial charge in [0.1, 0.15) is 0 Å². The van der Waals surface area contributed by atoms with Crippen molar-refractivity contribution >= 4 is 16.5 Å². The van der Waals surface area contributed by atoms with Crippen molar-refractivity contribution in [2.24, 2.45) is 0 Å². The number of thiazole rings is 1. The van der Waals surface area contributed by atoms with Gasteiger partial charge in [0.15, 0.2) is 5.13 Å². The highest BCUT2D eigenvalue weighted by molar-refractivity contribution is 7.13. The first kappa shape index (κ1) is 14.5. The molecule has 0 aliphatic carbocycles. The molecule has 0 amide bonds. The first-order valence-electron chi connectivity index (χ1n) is 7.35. The highest BCUT2D eigenvalue weighted by Crippen LogP contribution is 2.22. The molecule has 1 fully saturated rings. The predicted octanol–water partition coefficient (Wildman–Crippen LogP) is 2.31. The van der Waals surface area contributed by atoms with Gasteiger partial charge in [-0.1, -0.05) is 30.3 Å². The summed E-state index contributed by atoms with van der Waals surface area (Å²) in [5.74, 6) is 0. The Kier molecular flexibility index (Phi) is 4.53. The molecule has 1 saturated heterocycles. The summed E-state index contributed by atoms with van der Waals surface area (Å²) in [4.78, 5) is 9.21. The van der Waals surface area contributed by atoms with Crippen molar-refractivity contribution in [3.8, 4) is 0 Å². The maximum Gasteiger partial charge on any atom is 0.185 e. The Labute approximate surface area is 129 Å². The SMILES string of the molecule is Cc1csc(N2CCN(C[C@H](O)c3ccccc3)CC2)n1. The summed E-state index contributed by atoms with van der Waals surface area (Å²) in [6.45, 7) is 6.65. The molecular weight excluding hydrogens is 282 g/mol. The maximum atomic E-state index is 10.3. The molecule has 112 valence electrons. The van der Waals surface area contributed by atoms with Crippen LogP contribution in [0.1, 0.15) is 17.4 Å². The van der Waals surface area contributed by atoms with Gasteiger partial charge >= 0.3 is 0 Å². The number of nitrogens with zero attached hydrogens (tertiary/aromatic N) is 3. The van der Waals surface area contributed by atoms with Gasteiger partial charge in [-0.05, 0) is 12.5 Å². The smallest absolute Gasteiger partial charge is 0.185 e. The fourth-order valence-electron chi connectivity index (χ4n) is 2.63. The second kappa shape index (κ2) is 6.56. The number of aliphatic hydroxyl groups is 1. The van der Waals surface area contributed by atoms with Crippen LogP contribution in [0.5, 0.6) is 0 Å². The molecule has 2 heterocycles. The molecule has 21 heavy (non-hydrogen) atoms. The number of aromatic nitrogens is 1. The first-order valence-corrected chi connectivity index (χ1v) is 8.23. The standard InChI is InChI=1S/C16H21N3OS/c1-13-12-21-16(17-13)19-9-7-18(8-10-19)11-15(20)14-5-3-2-4-6-14/h2-6,12,15,20H,7-11H2,1H3/t15-/m0/s1. The van der Waals surface area contributed by atoms with Crippen molar-refractivity contribution in [3.05, 3.63) is 47.0 Å². The molecule has 0 radical (unpaired) electrons. The van der Waals surface area contributed by atoms with Crippen LogP contribution in [0.15, 0.2) is 35.7 Å². The van der Waals surface area contributed by atoms with Gasteiger partial charge in [-0.2, -0.15) is 0 Å². The van der Waals surface area contributed by atoms with Crippen LogP contribution < -0.4 is 4.90 Å². The molecule has 5 heteroatoms. The minimum Gasteiger partial charge on any atom is -0.387 e. The fourth-order valence-corrected chi connectivity index (χ4v) is 3.49. The Bertz CT molecular complexity index is 564. The highest BCUT2D eigenvalue weighted by atomic mass is 32.1. The monoisotopic (exact) mass is 303 g/mol. The van der Waals surface area contributed by atoms with Crippen molar-refractivity contribution in [2.45, 2.75) is 13.0 Å². The van der Waals surface area contributed by atoms with E-state index in [4.69, 9.17) is 0 Å². The molecule has 0 unspecified atom stereocenters. The average Bonchev–Trinajstić information content (AvgIpc) is 2.95. The molecule has 1 atom stereocenters. The topological polar surface area (TPSA) is 39.6 Å². The Morgan fingerprint density at radius 2 is 1.90 bits per heavy atom. The number of aryl methyl sites for hydroxylation is 1. The zero-order chi connectivity index (χ0) is 14.7. The summed E-state index contributed by atoms with van der Waals surface area (Å²) in [7, 11) is 0. The maximum absolute atomic E-state index is 10.3. The molecule has 0 spiro atoms. The van der Waals surface area contributed by atoms with Gasteiger partial charge < -0.3 is 10.0 Å². The van der Waals surface area contributed by atoms with Crippen molar-refractivity contribution in [3.63, 3.8) is 0 Å². The molecule has 4 nitrogen and oxygen atoms in total. The van der Waals surface area contributed by atoms with E-state index < -0.39 is 6.10 Å². The lowest BCUT2D eigenvalue weighted by Gasteiger charge is -2.35. The molecule has 0 saturated carbocycles. The third kappa shape index (κ3) is 3.61. The van der Waals surface area contributed by atoms with Crippen molar-refractivity contribution in [2.75, 3.05) is 37.6 Å². The Balaban J connectivity index is 1.52. The van der Waals surface area contributed by atoms with Crippen LogP contribution in [-0.2, 0) is 0 Å². The Morgan fingerprint density at radius 1 is 1.19 bits per heavy atom. The summed E-state index contributed by atoms with van der Waals surface area (Å²) < 4.78 is 0. The van der Waals surface area contributed by atoms with E-state index in [1.54, 1.807) is 11.3 Å². The van der Waals surface area contributed by atoms with Gasteiger partial charge in [-0.3, -0.25) is 4.90 Å². The van der Waals surface area contributed by atoms with Gasteiger partial charge in [0.05, 0.1) is 11.8 Å². The van der Waals surface area contributed by atoms with Crippen LogP contribution in [0.3, 0.4) is 0 Å². The molecule has 3 rings (SSSR count). The lowest BCUT2D eigenvalue weighted by Crippen LogP contribution is -2.47. The molecular formula is C16H21N3OS. The van der Waals surface area contributed by atoms with E-state index in [1.165, 1.54) is 0 Å². The van der Waals surface area contributed by atoms with Crippen LogP contribution in [0, 0.1) is 6.92 Å². The molecule has 1 aromatic carbocycles. The van der Waals surface area contributed by atoms with E-state index in [1.807, 2.05) is 37.3 Å². The lowest BCUT2D eigenvalue weighted by molar-refractivity contribution is 0.109. The van der Waals surface area contributed by atoms with Gasteiger partial charge in [0.25, 0.3) is 0 Å². The second-order valence-corrected chi connectivity index (χ2v) is 6.32. The predicted molar refractivity (Wildman–Crippen MR) is 86.9 cm³/mol. The van der Waals surface area contributed by atoms with Crippen molar-refractivity contribution < 1.29 is 5.11 Å². The summed E-state index contributed by atoms with van der Waals surface area (Å²) in [6, 6.07) is 9.89. The third-order valence-electron chi connectivity index (χ3n) is 3.87. The summed E-state index contributed by atoms with van der Waals surface area (Å²) in [5, 5.41) is 13.5.